The molecular weight excluding hydrogens is 394 g/mol. The molecule has 0 atom stereocenters. The fraction of sp³-hybridized carbons (Fsp3) is 0.545. The first-order chi connectivity index (χ1) is 15.2. The van der Waals surface area contributed by atoms with Gasteiger partial charge in [0.05, 0.1) is 37.7 Å². The molecule has 0 radical (unpaired) electrons. The number of piperazine rings is 1. The normalized spacial score (nSPS) is 19.2. The van der Waals surface area contributed by atoms with Gasteiger partial charge in [-0.05, 0) is 13.0 Å². The third-order valence-electron chi connectivity index (χ3n) is 6.08. The first-order valence-electron chi connectivity index (χ1n) is 10.9. The van der Waals surface area contributed by atoms with Gasteiger partial charge in [-0.1, -0.05) is 0 Å². The van der Waals surface area contributed by atoms with Crippen LogP contribution < -0.4 is 14.7 Å². The number of anilines is 3. The summed E-state index contributed by atoms with van der Waals surface area (Å²) in [5.74, 6) is 3.52. The molecule has 5 rings (SSSR count). The Bertz CT molecular complexity index is 992. The Hall–Kier alpha value is -2.96. The van der Waals surface area contributed by atoms with Crippen LogP contribution >= 0.6 is 0 Å². The Labute approximate surface area is 182 Å². The van der Waals surface area contributed by atoms with Gasteiger partial charge in [0, 0.05) is 57.3 Å². The third-order valence-corrected chi connectivity index (χ3v) is 6.08. The van der Waals surface area contributed by atoms with E-state index in [1.807, 2.05) is 13.0 Å². The number of hydrogen-bond acceptors (Lipinski definition) is 9. The number of ether oxygens (including phenoxy) is 2. The smallest absolute Gasteiger partial charge is 0.146 e. The van der Waals surface area contributed by atoms with E-state index < -0.39 is 0 Å². The molecule has 2 aromatic heterocycles. The highest BCUT2D eigenvalue weighted by Gasteiger charge is 2.25. The number of pyridine rings is 1. The summed E-state index contributed by atoms with van der Waals surface area (Å²) in [4.78, 5) is 21.0. The zero-order valence-corrected chi connectivity index (χ0v) is 17.9. The Morgan fingerprint density at radius 3 is 2.23 bits per heavy atom. The van der Waals surface area contributed by atoms with E-state index in [9.17, 15) is 5.26 Å². The molecule has 0 N–H and O–H groups in total. The van der Waals surface area contributed by atoms with Crippen LogP contribution in [0, 0.1) is 18.3 Å². The standard InChI is InChI=1S/C22H27N7O2/c1-16-24-20(13-21(25-16)28-7-10-30-11-8-28)27-3-5-29(6-4-27)22-17(14-23)12-18-15-31-9-2-19(18)26-22/h12-13H,2-11,15H2,1H3. The van der Waals surface area contributed by atoms with Crippen LogP contribution in [0.1, 0.15) is 22.6 Å². The second-order valence-corrected chi connectivity index (χ2v) is 8.08. The van der Waals surface area contributed by atoms with E-state index in [0.29, 0.717) is 18.8 Å². The van der Waals surface area contributed by atoms with Gasteiger partial charge >= 0.3 is 0 Å². The second kappa shape index (κ2) is 8.65. The fourth-order valence-electron chi connectivity index (χ4n) is 4.40. The number of aryl methyl sites for hydroxylation is 1. The molecule has 3 aliphatic rings. The Morgan fingerprint density at radius 2 is 1.52 bits per heavy atom. The lowest BCUT2D eigenvalue weighted by Gasteiger charge is -2.37. The van der Waals surface area contributed by atoms with Crippen LogP contribution in [-0.2, 0) is 22.5 Å². The van der Waals surface area contributed by atoms with Crippen LogP contribution in [0.25, 0.3) is 0 Å². The molecule has 0 aromatic carbocycles. The van der Waals surface area contributed by atoms with Gasteiger partial charge in [-0.3, -0.25) is 0 Å². The van der Waals surface area contributed by atoms with Crippen LogP contribution in [0.15, 0.2) is 12.1 Å². The highest BCUT2D eigenvalue weighted by molar-refractivity contribution is 5.58. The minimum atomic E-state index is 0.545. The maximum atomic E-state index is 9.67. The van der Waals surface area contributed by atoms with Crippen LogP contribution in [0.4, 0.5) is 17.5 Å². The van der Waals surface area contributed by atoms with Crippen LogP contribution in [-0.4, -0.2) is 74.0 Å². The number of nitriles is 1. The Morgan fingerprint density at radius 1 is 0.839 bits per heavy atom. The second-order valence-electron chi connectivity index (χ2n) is 8.08. The summed E-state index contributed by atoms with van der Waals surface area (Å²) in [6.07, 6.45) is 0.804. The van der Waals surface area contributed by atoms with Crippen molar-refractivity contribution in [1.29, 1.82) is 5.26 Å². The first kappa shape index (κ1) is 20.0. The topological polar surface area (TPSA) is 90.6 Å². The average Bonchev–Trinajstić information content (AvgIpc) is 2.83. The van der Waals surface area contributed by atoms with E-state index >= 15 is 0 Å². The van der Waals surface area contributed by atoms with Gasteiger partial charge in [0.1, 0.15) is 29.3 Å². The predicted octanol–water partition coefficient (Wildman–Crippen LogP) is 1.29. The van der Waals surface area contributed by atoms with E-state index in [1.165, 1.54) is 0 Å². The van der Waals surface area contributed by atoms with Crippen LogP contribution in [0.5, 0.6) is 0 Å². The van der Waals surface area contributed by atoms with Crippen molar-refractivity contribution in [3.63, 3.8) is 0 Å². The van der Waals surface area contributed by atoms with E-state index in [0.717, 1.165) is 93.4 Å². The van der Waals surface area contributed by atoms with Crippen molar-refractivity contribution >= 4 is 17.5 Å². The summed E-state index contributed by atoms with van der Waals surface area (Å²) >= 11 is 0. The molecule has 0 aliphatic carbocycles. The summed E-state index contributed by atoms with van der Waals surface area (Å²) in [6, 6.07) is 6.37. The summed E-state index contributed by atoms with van der Waals surface area (Å²) < 4.78 is 11.0. The van der Waals surface area contributed by atoms with Crippen molar-refractivity contribution in [2.75, 3.05) is 73.8 Å². The lowest BCUT2D eigenvalue weighted by atomic mass is 10.1. The summed E-state index contributed by atoms with van der Waals surface area (Å²) in [5.41, 5.74) is 2.73. The highest BCUT2D eigenvalue weighted by atomic mass is 16.5. The molecule has 5 heterocycles. The van der Waals surface area contributed by atoms with Crippen molar-refractivity contribution in [2.45, 2.75) is 20.0 Å². The number of rotatable bonds is 3. The Kier molecular flexibility index (Phi) is 5.57. The lowest BCUT2D eigenvalue weighted by molar-refractivity contribution is 0.109. The number of morpholine rings is 1. The van der Waals surface area contributed by atoms with Gasteiger partial charge in [-0.15, -0.1) is 0 Å². The monoisotopic (exact) mass is 421 g/mol. The molecule has 9 nitrogen and oxygen atoms in total. The van der Waals surface area contributed by atoms with Gasteiger partial charge < -0.3 is 24.2 Å². The first-order valence-corrected chi connectivity index (χ1v) is 10.9. The van der Waals surface area contributed by atoms with E-state index in [-0.39, 0.29) is 0 Å². The maximum Gasteiger partial charge on any atom is 0.146 e. The van der Waals surface area contributed by atoms with Crippen molar-refractivity contribution in [1.82, 2.24) is 15.0 Å². The van der Waals surface area contributed by atoms with Gasteiger partial charge in [-0.25, -0.2) is 15.0 Å². The Balaban J connectivity index is 1.32. The SMILES string of the molecule is Cc1nc(N2CCOCC2)cc(N2CCN(c3nc4c(cc3C#N)COCC4)CC2)n1. The molecule has 2 fully saturated rings. The van der Waals surface area contributed by atoms with E-state index in [2.05, 4.69) is 31.8 Å². The predicted molar refractivity (Wildman–Crippen MR) is 117 cm³/mol. The molecule has 0 bridgehead atoms. The lowest BCUT2D eigenvalue weighted by Crippen LogP contribution is -2.47. The molecular formula is C22H27N7O2. The van der Waals surface area contributed by atoms with Gasteiger partial charge in [0.2, 0.25) is 0 Å². The molecule has 0 amide bonds. The number of nitrogens with zero attached hydrogens (tertiary/aromatic N) is 7. The largest absolute Gasteiger partial charge is 0.378 e. The molecule has 0 spiro atoms. The number of hydrogen-bond donors (Lipinski definition) is 0. The third kappa shape index (κ3) is 4.13. The summed E-state index contributed by atoms with van der Waals surface area (Å²) in [6.45, 7) is 9.61. The molecule has 0 unspecified atom stereocenters. The van der Waals surface area contributed by atoms with Crippen molar-refractivity contribution in [3.05, 3.63) is 34.8 Å². The molecule has 3 aliphatic heterocycles. The van der Waals surface area contributed by atoms with Crippen molar-refractivity contribution < 1.29 is 9.47 Å². The summed E-state index contributed by atoms with van der Waals surface area (Å²) in [5, 5.41) is 9.67. The molecule has 162 valence electrons. The molecule has 2 aromatic rings. The maximum absolute atomic E-state index is 9.67. The number of fused-ring (bicyclic) bond motifs is 1. The van der Waals surface area contributed by atoms with Crippen LogP contribution in [0.2, 0.25) is 0 Å². The quantitative estimate of drug-likeness (QED) is 0.727. The van der Waals surface area contributed by atoms with Crippen molar-refractivity contribution in [3.8, 4) is 6.07 Å². The van der Waals surface area contributed by atoms with E-state index in [1.54, 1.807) is 0 Å². The summed E-state index contributed by atoms with van der Waals surface area (Å²) in [7, 11) is 0. The highest BCUT2D eigenvalue weighted by Crippen LogP contribution is 2.27. The molecule has 2 saturated heterocycles. The van der Waals surface area contributed by atoms with Gasteiger partial charge in [0.25, 0.3) is 0 Å². The van der Waals surface area contributed by atoms with Crippen LogP contribution in [0.3, 0.4) is 0 Å². The minimum Gasteiger partial charge on any atom is -0.378 e. The van der Waals surface area contributed by atoms with Gasteiger partial charge in [-0.2, -0.15) is 5.26 Å². The van der Waals surface area contributed by atoms with E-state index in [4.69, 9.17) is 19.4 Å². The van der Waals surface area contributed by atoms with Crippen molar-refractivity contribution in [2.24, 2.45) is 0 Å². The molecule has 0 saturated carbocycles. The molecule has 31 heavy (non-hydrogen) atoms. The zero-order valence-electron chi connectivity index (χ0n) is 17.9. The minimum absolute atomic E-state index is 0.545. The number of aromatic nitrogens is 3. The average molecular weight is 422 g/mol. The fourth-order valence-corrected chi connectivity index (χ4v) is 4.40. The molecule has 9 heteroatoms. The zero-order chi connectivity index (χ0) is 21.2. The van der Waals surface area contributed by atoms with Gasteiger partial charge in [0.15, 0.2) is 0 Å².